The molecule has 2 heterocycles. The first-order chi connectivity index (χ1) is 8.00. The zero-order chi connectivity index (χ0) is 12.6. The molecule has 0 aromatic carbocycles. The van der Waals surface area contributed by atoms with E-state index in [1.54, 1.807) is 12.1 Å². The van der Waals surface area contributed by atoms with E-state index in [0.29, 0.717) is 11.6 Å². The van der Waals surface area contributed by atoms with Crippen molar-refractivity contribution in [3.63, 3.8) is 0 Å². The van der Waals surface area contributed by atoms with Crippen LogP contribution in [-0.4, -0.2) is 15.1 Å². The van der Waals surface area contributed by atoms with Gasteiger partial charge in [0.25, 0.3) is 0 Å². The van der Waals surface area contributed by atoms with Crippen LogP contribution in [-0.2, 0) is 14.1 Å². The maximum atomic E-state index is 12.0. The van der Waals surface area contributed by atoms with Crippen molar-refractivity contribution in [2.24, 2.45) is 14.1 Å². The van der Waals surface area contributed by atoms with Gasteiger partial charge in [0.15, 0.2) is 0 Å². The predicted octanol–water partition coefficient (Wildman–Crippen LogP) is 2.20. The van der Waals surface area contributed by atoms with E-state index in [1.165, 1.54) is 0 Å². The van der Waals surface area contributed by atoms with Gasteiger partial charge in [0.05, 0.1) is 0 Å². The van der Waals surface area contributed by atoms with Crippen molar-refractivity contribution in [2.45, 2.75) is 13.8 Å². The predicted molar refractivity (Wildman–Crippen MR) is 65.3 cm³/mol. The average molecular weight is 232 g/mol. The quantitative estimate of drug-likeness (QED) is 0.744. The molecule has 2 aromatic heterocycles. The lowest BCUT2D eigenvalue weighted by molar-refractivity contribution is 0.0712. The number of carbonyl (C=O) groups excluding carboxylic acids is 1. The molecule has 90 valence electrons. The van der Waals surface area contributed by atoms with E-state index >= 15 is 0 Å². The molecule has 0 saturated heterocycles. The van der Waals surface area contributed by atoms with Crippen molar-refractivity contribution in [1.29, 1.82) is 0 Å². The van der Waals surface area contributed by atoms with E-state index in [1.807, 2.05) is 49.2 Å². The Hall–Kier alpha value is -1.97. The summed E-state index contributed by atoms with van der Waals surface area (Å²) in [6.45, 7) is 3.91. The molecule has 0 saturated carbocycles. The molecule has 0 spiro atoms. The maximum absolute atomic E-state index is 12.0. The van der Waals surface area contributed by atoms with Crippen molar-refractivity contribution in [1.82, 2.24) is 9.13 Å². The maximum Gasteiger partial charge on any atom is 0.361 e. The highest BCUT2D eigenvalue weighted by atomic mass is 16.5. The summed E-state index contributed by atoms with van der Waals surface area (Å²) in [5.74, 6) is 0.230. The zero-order valence-electron chi connectivity index (χ0n) is 10.5. The molecule has 0 N–H and O–H groups in total. The Kier molecular flexibility index (Phi) is 2.79. The highest BCUT2D eigenvalue weighted by Crippen LogP contribution is 2.16. The second kappa shape index (κ2) is 4.13. The lowest BCUT2D eigenvalue weighted by Gasteiger charge is -2.07. The zero-order valence-corrected chi connectivity index (χ0v) is 10.5. The van der Waals surface area contributed by atoms with E-state index in [-0.39, 0.29) is 5.97 Å². The molecule has 2 aromatic rings. The van der Waals surface area contributed by atoms with Crippen LogP contribution in [0.4, 0.5) is 0 Å². The Balaban J connectivity index is 2.23. The molecular formula is C13H16N2O2. The van der Waals surface area contributed by atoms with Gasteiger partial charge >= 0.3 is 5.97 Å². The first-order valence-corrected chi connectivity index (χ1v) is 5.47. The number of aromatic nitrogens is 2. The fourth-order valence-corrected chi connectivity index (χ4v) is 1.66. The third-order valence-corrected chi connectivity index (χ3v) is 3.11. The lowest BCUT2D eigenvalue weighted by Crippen LogP contribution is -2.15. The van der Waals surface area contributed by atoms with Gasteiger partial charge in [-0.1, -0.05) is 0 Å². The summed E-state index contributed by atoms with van der Waals surface area (Å²) in [5, 5.41) is 0. The minimum absolute atomic E-state index is 0.332. The van der Waals surface area contributed by atoms with Crippen molar-refractivity contribution in [3.8, 4) is 5.88 Å². The summed E-state index contributed by atoms with van der Waals surface area (Å²) < 4.78 is 9.01. The molecule has 0 bridgehead atoms. The van der Waals surface area contributed by atoms with Gasteiger partial charge in [0.2, 0.25) is 5.88 Å². The van der Waals surface area contributed by atoms with Crippen molar-refractivity contribution in [3.05, 3.63) is 41.3 Å². The van der Waals surface area contributed by atoms with Gasteiger partial charge in [-0.3, -0.25) is 0 Å². The van der Waals surface area contributed by atoms with E-state index in [4.69, 9.17) is 4.74 Å². The Morgan fingerprint density at radius 1 is 1.00 bits per heavy atom. The highest BCUT2D eigenvalue weighted by Gasteiger charge is 2.15. The first kappa shape index (κ1) is 11.5. The molecule has 0 aliphatic heterocycles. The SMILES string of the molecule is Cc1ccc(OC(=O)c2ccc(C)n2C)n1C. The van der Waals surface area contributed by atoms with Crippen LogP contribution < -0.4 is 4.74 Å². The molecule has 0 amide bonds. The smallest absolute Gasteiger partial charge is 0.361 e. The molecule has 0 unspecified atom stereocenters. The monoisotopic (exact) mass is 232 g/mol. The standard InChI is InChI=1S/C13H16N2O2/c1-9-5-7-11(14(9)3)13(16)17-12-8-6-10(2)15(12)4/h5-8H,1-4H3. The van der Waals surface area contributed by atoms with Gasteiger partial charge in [-0.15, -0.1) is 0 Å². The fraction of sp³-hybridized carbons (Fsp3) is 0.308. The largest absolute Gasteiger partial charge is 0.405 e. The number of ether oxygens (including phenoxy) is 1. The van der Waals surface area contributed by atoms with Gasteiger partial charge in [0, 0.05) is 31.5 Å². The van der Waals surface area contributed by atoms with Crippen molar-refractivity contribution in [2.75, 3.05) is 0 Å². The topological polar surface area (TPSA) is 36.2 Å². The molecular weight excluding hydrogens is 216 g/mol. The number of esters is 1. The van der Waals surface area contributed by atoms with E-state index in [9.17, 15) is 4.79 Å². The Bertz CT molecular complexity index is 564. The summed E-state index contributed by atoms with van der Waals surface area (Å²) in [7, 11) is 3.72. The Labute approximate surface area is 100 Å². The van der Waals surface area contributed by atoms with Crippen LogP contribution in [0.3, 0.4) is 0 Å². The summed E-state index contributed by atoms with van der Waals surface area (Å²) in [6, 6.07) is 7.38. The third kappa shape index (κ3) is 1.98. The van der Waals surface area contributed by atoms with Crippen LogP contribution in [0.1, 0.15) is 21.9 Å². The highest BCUT2D eigenvalue weighted by molar-refractivity contribution is 5.89. The average Bonchev–Trinajstić information content (AvgIpc) is 2.77. The van der Waals surface area contributed by atoms with Gasteiger partial charge < -0.3 is 13.9 Å². The molecule has 0 aliphatic rings. The van der Waals surface area contributed by atoms with Gasteiger partial charge in [-0.25, -0.2) is 4.79 Å². The summed E-state index contributed by atoms with van der Waals surface area (Å²) in [4.78, 5) is 12.0. The van der Waals surface area contributed by atoms with E-state index in [2.05, 4.69) is 0 Å². The van der Waals surface area contributed by atoms with Gasteiger partial charge in [-0.05, 0) is 32.0 Å². The minimum Gasteiger partial charge on any atom is -0.405 e. The molecule has 0 fully saturated rings. The van der Waals surface area contributed by atoms with Crippen molar-refractivity contribution < 1.29 is 9.53 Å². The number of carbonyl (C=O) groups is 1. The summed E-state index contributed by atoms with van der Waals surface area (Å²) in [6.07, 6.45) is 0. The minimum atomic E-state index is -0.332. The molecule has 2 rings (SSSR count). The Morgan fingerprint density at radius 2 is 1.59 bits per heavy atom. The van der Waals surface area contributed by atoms with Crippen LogP contribution >= 0.6 is 0 Å². The number of nitrogens with zero attached hydrogens (tertiary/aromatic N) is 2. The van der Waals surface area contributed by atoms with Crippen LogP contribution in [0.5, 0.6) is 5.88 Å². The molecule has 0 radical (unpaired) electrons. The molecule has 0 atom stereocenters. The van der Waals surface area contributed by atoms with Crippen LogP contribution in [0.2, 0.25) is 0 Å². The molecule has 0 aliphatic carbocycles. The number of hydrogen-bond acceptors (Lipinski definition) is 2. The lowest BCUT2D eigenvalue weighted by atomic mass is 10.4. The Morgan fingerprint density at radius 3 is 2.06 bits per heavy atom. The van der Waals surface area contributed by atoms with Gasteiger partial charge in [-0.2, -0.15) is 0 Å². The first-order valence-electron chi connectivity index (χ1n) is 5.47. The van der Waals surface area contributed by atoms with E-state index in [0.717, 1.165) is 11.4 Å². The fourth-order valence-electron chi connectivity index (χ4n) is 1.66. The third-order valence-electron chi connectivity index (χ3n) is 3.11. The summed E-state index contributed by atoms with van der Waals surface area (Å²) in [5.41, 5.74) is 2.64. The number of rotatable bonds is 2. The van der Waals surface area contributed by atoms with E-state index < -0.39 is 0 Å². The van der Waals surface area contributed by atoms with Crippen LogP contribution in [0, 0.1) is 13.8 Å². The van der Waals surface area contributed by atoms with Crippen molar-refractivity contribution >= 4 is 5.97 Å². The van der Waals surface area contributed by atoms with Gasteiger partial charge in [0.1, 0.15) is 5.69 Å². The second-order valence-corrected chi connectivity index (χ2v) is 4.18. The normalized spacial score (nSPS) is 10.6. The molecule has 4 heteroatoms. The second-order valence-electron chi connectivity index (χ2n) is 4.18. The number of hydrogen-bond donors (Lipinski definition) is 0. The van der Waals surface area contributed by atoms with Crippen LogP contribution in [0.15, 0.2) is 24.3 Å². The summed E-state index contributed by atoms with van der Waals surface area (Å²) >= 11 is 0. The number of aryl methyl sites for hydroxylation is 2. The molecule has 4 nitrogen and oxygen atoms in total. The van der Waals surface area contributed by atoms with Crippen LogP contribution in [0.25, 0.3) is 0 Å². The molecule has 17 heavy (non-hydrogen) atoms.